The molecule has 2 amide bonds. The normalized spacial score (nSPS) is 14.0. The zero-order valence-electron chi connectivity index (χ0n) is 15.8. The van der Waals surface area contributed by atoms with E-state index in [1.54, 1.807) is 23.1 Å². The summed E-state index contributed by atoms with van der Waals surface area (Å²) in [4.78, 5) is 25.5. The van der Waals surface area contributed by atoms with Crippen molar-refractivity contribution in [3.63, 3.8) is 0 Å². The number of carbonyl (C=O) groups excluding carboxylic acids is 2. The Balaban J connectivity index is 1.43. The van der Waals surface area contributed by atoms with Crippen LogP contribution in [0.1, 0.15) is 24.0 Å². The summed E-state index contributed by atoms with van der Waals surface area (Å²) in [6.45, 7) is -1.67. The molecule has 152 valence electrons. The number of amides is 2. The van der Waals surface area contributed by atoms with Crippen LogP contribution >= 0.6 is 0 Å². The van der Waals surface area contributed by atoms with Gasteiger partial charge in [-0.05, 0) is 54.3 Å². The molecule has 0 unspecified atom stereocenters. The van der Waals surface area contributed by atoms with E-state index >= 15 is 0 Å². The number of nitrogens with one attached hydrogen (secondary N) is 1. The molecule has 1 N–H and O–H groups in total. The summed E-state index contributed by atoms with van der Waals surface area (Å²) in [7, 11) is 0. The largest absolute Gasteiger partial charge is 0.435 e. The lowest BCUT2D eigenvalue weighted by Gasteiger charge is -2.15. The predicted molar refractivity (Wildman–Crippen MR) is 107 cm³/mol. The zero-order chi connectivity index (χ0) is 20.6. The first kappa shape index (κ1) is 20.5. The van der Waals surface area contributed by atoms with Crippen molar-refractivity contribution >= 4 is 23.6 Å². The minimum absolute atomic E-state index is 0.107. The van der Waals surface area contributed by atoms with E-state index in [-0.39, 0.29) is 17.6 Å². The second-order valence-corrected chi connectivity index (χ2v) is 6.64. The average molecular weight is 400 g/mol. The third-order valence-corrected chi connectivity index (χ3v) is 4.57. The van der Waals surface area contributed by atoms with Crippen LogP contribution in [0.4, 0.5) is 14.5 Å². The van der Waals surface area contributed by atoms with E-state index in [0.717, 1.165) is 29.8 Å². The van der Waals surface area contributed by atoms with Crippen LogP contribution in [0.5, 0.6) is 5.75 Å². The lowest BCUT2D eigenvalue weighted by molar-refractivity contribution is -0.117. The highest BCUT2D eigenvalue weighted by molar-refractivity contribution is 5.95. The van der Waals surface area contributed by atoms with Crippen LogP contribution < -0.4 is 15.0 Å². The Hall–Kier alpha value is -3.22. The van der Waals surface area contributed by atoms with Crippen molar-refractivity contribution < 1.29 is 23.1 Å². The number of alkyl halides is 2. The number of hydrogen-bond acceptors (Lipinski definition) is 3. The van der Waals surface area contributed by atoms with Gasteiger partial charge in [0.05, 0.1) is 0 Å². The molecule has 7 heteroatoms. The molecule has 0 radical (unpaired) electrons. The standard InChI is InChI=1S/C22H22F2N2O3/c23-22(24)29-19-10-5-17(6-11-19)13-14-25-20(27)12-7-16-3-8-18(9-4-16)26-15-1-2-21(26)28/h3-12,22H,1-2,13-15H2,(H,25,27)/b12-7+. The molecular formula is C22H22F2N2O3. The van der Waals surface area contributed by atoms with E-state index in [9.17, 15) is 18.4 Å². The summed E-state index contributed by atoms with van der Waals surface area (Å²) in [5.74, 6) is 0.0288. The summed E-state index contributed by atoms with van der Waals surface area (Å²) in [5.41, 5.74) is 2.65. The molecule has 3 rings (SSSR count). The van der Waals surface area contributed by atoms with Gasteiger partial charge in [0.2, 0.25) is 11.8 Å². The van der Waals surface area contributed by atoms with Crippen molar-refractivity contribution in [3.05, 3.63) is 65.7 Å². The molecule has 0 aliphatic carbocycles. The van der Waals surface area contributed by atoms with Gasteiger partial charge in [-0.2, -0.15) is 8.78 Å². The fourth-order valence-corrected chi connectivity index (χ4v) is 3.08. The Morgan fingerprint density at radius 1 is 1.14 bits per heavy atom. The van der Waals surface area contributed by atoms with Crippen molar-refractivity contribution in [2.24, 2.45) is 0 Å². The highest BCUT2D eigenvalue weighted by atomic mass is 19.3. The maximum atomic E-state index is 12.1. The second kappa shape index (κ2) is 9.82. The third kappa shape index (κ3) is 6.14. The van der Waals surface area contributed by atoms with Gasteiger partial charge >= 0.3 is 6.61 Å². The molecule has 1 aliphatic heterocycles. The monoisotopic (exact) mass is 400 g/mol. The Morgan fingerprint density at radius 3 is 2.48 bits per heavy atom. The van der Waals surface area contributed by atoms with Crippen LogP contribution in [-0.4, -0.2) is 31.5 Å². The van der Waals surface area contributed by atoms with E-state index < -0.39 is 6.61 Å². The topological polar surface area (TPSA) is 58.6 Å². The number of benzene rings is 2. The van der Waals surface area contributed by atoms with Gasteiger partial charge in [0.1, 0.15) is 5.75 Å². The van der Waals surface area contributed by atoms with Gasteiger partial charge in [-0.1, -0.05) is 24.3 Å². The Labute approximate surface area is 168 Å². The maximum absolute atomic E-state index is 12.1. The first-order valence-electron chi connectivity index (χ1n) is 9.41. The quantitative estimate of drug-likeness (QED) is 0.686. The first-order valence-corrected chi connectivity index (χ1v) is 9.41. The van der Waals surface area contributed by atoms with Crippen LogP contribution in [0.2, 0.25) is 0 Å². The summed E-state index contributed by atoms with van der Waals surface area (Å²) >= 11 is 0. The summed E-state index contributed by atoms with van der Waals surface area (Å²) < 4.78 is 28.5. The number of nitrogens with zero attached hydrogens (tertiary/aromatic N) is 1. The molecule has 0 aromatic heterocycles. The fourth-order valence-electron chi connectivity index (χ4n) is 3.08. The molecule has 1 saturated heterocycles. The third-order valence-electron chi connectivity index (χ3n) is 4.57. The molecule has 29 heavy (non-hydrogen) atoms. The number of hydrogen-bond donors (Lipinski definition) is 1. The van der Waals surface area contributed by atoms with Crippen LogP contribution in [-0.2, 0) is 16.0 Å². The molecule has 0 atom stereocenters. The molecule has 1 aliphatic rings. The SMILES string of the molecule is O=C(/C=C/c1ccc(N2CCCC2=O)cc1)NCCc1ccc(OC(F)F)cc1. The van der Waals surface area contributed by atoms with Gasteiger partial charge in [-0.3, -0.25) is 9.59 Å². The molecule has 1 fully saturated rings. The lowest BCUT2D eigenvalue weighted by Crippen LogP contribution is -2.23. The minimum Gasteiger partial charge on any atom is -0.435 e. The van der Waals surface area contributed by atoms with Gasteiger partial charge < -0.3 is 15.0 Å². The Morgan fingerprint density at radius 2 is 1.86 bits per heavy atom. The van der Waals surface area contributed by atoms with Crippen LogP contribution in [0.3, 0.4) is 0 Å². The molecule has 1 heterocycles. The van der Waals surface area contributed by atoms with Crippen LogP contribution in [0, 0.1) is 0 Å². The van der Waals surface area contributed by atoms with Gasteiger partial charge in [0.15, 0.2) is 0 Å². The van der Waals surface area contributed by atoms with Crippen molar-refractivity contribution in [2.75, 3.05) is 18.0 Å². The van der Waals surface area contributed by atoms with E-state index in [1.165, 1.54) is 18.2 Å². The molecule has 0 saturated carbocycles. The average Bonchev–Trinajstić information content (AvgIpc) is 3.14. The fraction of sp³-hybridized carbons (Fsp3) is 0.273. The summed E-state index contributed by atoms with van der Waals surface area (Å²) in [6, 6.07) is 13.8. The Kier molecular flexibility index (Phi) is 6.94. The molecule has 0 spiro atoms. The van der Waals surface area contributed by atoms with E-state index in [0.29, 0.717) is 19.4 Å². The van der Waals surface area contributed by atoms with Crippen molar-refractivity contribution in [1.82, 2.24) is 5.32 Å². The molecule has 0 bridgehead atoms. The maximum Gasteiger partial charge on any atom is 0.387 e. The number of ether oxygens (including phenoxy) is 1. The van der Waals surface area contributed by atoms with Crippen LogP contribution in [0.25, 0.3) is 6.08 Å². The van der Waals surface area contributed by atoms with E-state index in [2.05, 4.69) is 10.1 Å². The number of rotatable bonds is 8. The predicted octanol–water partition coefficient (Wildman–Crippen LogP) is 3.79. The highest BCUT2D eigenvalue weighted by Gasteiger charge is 2.21. The zero-order valence-corrected chi connectivity index (χ0v) is 15.8. The Bertz CT molecular complexity index is 865. The highest BCUT2D eigenvalue weighted by Crippen LogP contribution is 2.22. The van der Waals surface area contributed by atoms with Crippen molar-refractivity contribution in [3.8, 4) is 5.75 Å². The van der Waals surface area contributed by atoms with Gasteiger partial charge in [-0.15, -0.1) is 0 Å². The van der Waals surface area contributed by atoms with Crippen molar-refractivity contribution in [2.45, 2.75) is 25.9 Å². The smallest absolute Gasteiger partial charge is 0.387 e. The summed E-state index contributed by atoms with van der Waals surface area (Å²) in [6.07, 6.45) is 5.22. The van der Waals surface area contributed by atoms with Gasteiger partial charge in [-0.25, -0.2) is 0 Å². The molecular weight excluding hydrogens is 378 g/mol. The second-order valence-electron chi connectivity index (χ2n) is 6.64. The first-order chi connectivity index (χ1) is 14.0. The van der Waals surface area contributed by atoms with E-state index in [1.807, 2.05) is 24.3 Å². The molecule has 2 aromatic rings. The van der Waals surface area contributed by atoms with Gasteiger partial charge in [0, 0.05) is 31.3 Å². The van der Waals surface area contributed by atoms with Crippen LogP contribution in [0.15, 0.2) is 54.6 Å². The minimum atomic E-state index is -2.84. The molecule has 2 aromatic carbocycles. The van der Waals surface area contributed by atoms with Crippen molar-refractivity contribution in [1.29, 1.82) is 0 Å². The number of carbonyl (C=O) groups is 2. The molecule has 5 nitrogen and oxygen atoms in total. The lowest BCUT2D eigenvalue weighted by atomic mass is 10.1. The number of halogens is 2. The summed E-state index contributed by atoms with van der Waals surface area (Å²) in [5, 5.41) is 2.78. The van der Waals surface area contributed by atoms with E-state index in [4.69, 9.17) is 0 Å². The van der Waals surface area contributed by atoms with Gasteiger partial charge in [0.25, 0.3) is 0 Å². The number of anilines is 1.